The van der Waals surface area contributed by atoms with Crippen LogP contribution < -0.4 is 10.3 Å². The molecule has 2 aromatic rings. The smallest absolute Gasteiger partial charge is 0.271 e. The fourth-order valence-electron chi connectivity index (χ4n) is 2.66. The van der Waals surface area contributed by atoms with E-state index in [9.17, 15) is 18.3 Å². The highest BCUT2D eigenvalue weighted by atomic mass is 32.2. The Balaban J connectivity index is 2.12. The number of anilines is 1. The van der Waals surface area contributed by atoms with Crippen molar-refractivity contribution in [3.05, 3.63) is 53.6 Å². The summed E-state index contributed by atoms with van der Waals surface area (Å²) in [5.74, 6) is -0.511. The average molecular weight is 419 g/mol. The second-order valence-corrected chi connectivity index (χ2v) is 8.58. The lowest BCUT2D eigenvalue weighted by Gasteiger charge is -2.21. The van der Waals surface area contributed by atoms with Crippen molar-refractivity contribution < 1.29 is 18.3 Å². The zero-order valence-corrected chi connectivity index (χ0v) is 17.8. The molecule has 0 aromatic heterocycles. The number of carbonyl (C=O) groups is 1. The minimum atomic E-state index is -3.64. The molecule has 0 bridgehead atoms. The molecule has 0 atom stereocenters. The molecule has 1 amide bonds. The Labute approximate surface area is 171 Å². The number of aromatic hydroxyl groups is 1. The highest BCUT2D eigenvalue weighted by molar-refractivity contribution is 7.89. The van der Waals surface area contributed by atoms with Gasteiger partial charge in [-0.25, -0.2) is 18.1 Å². The van der Waals surface area contributed by atoms with Crippen molar-refractivity contribution in [2.75, 3.05) is 32.1 Å². The summed E-state index contributed by atoms with van der Waals surface area (Å²) in [7, 11) is -0.798. The van der Waals surface area contributed by atoms with Crippen LogP contribution in [0.1, 0.15) is 29.8 Å². The van der Waals surface area contributed by atoms with Gasteiger partial charge >= 0.3 is 0 Å². The number of sulfonamides is 1. The molecule has 0 unspecified atom stereocenters. The second kappa shape index (κ2) is 9.53. The van der Waals surface area contributed by atoms with Crippen LogP contribution in [0.3, 0.4) is 0 Å². The van der Waals surface area contributed by atoms with Gasteiger partial charge in [-0.1, -0.05) is 6.07 Å². The summed E-state index contributed by atoms with van der Waals surface area (Å²) >= 11 is 0. The molecule has 156 valence electrons. The summed E-state index contributed by atoms with van der Waals surface area (Å²) in [5, 5.41) is 14.1. The van der Waals surface area contributed by atoms with Gasteiger partial charge in [0.2, 0.25) is 10.0 Å². The average Bonchev–Trinajstić information content (AvgIpc) is 2.70. The van der Waals surface area contributed by atoms with Crippen LogP contribution in [0.4, 0.5) is 5.69 Å². The van der Waals surface area contributed by atoms with E-state index in [1.807, 2.05) is 19.9 Å². The van der Waals surface area contributed by atoms with Crippen molar-refractivity contribution in [1.82, 2.24) is 9.73 Å². The fourth-order valence-corrected chi connectivity index (χ4v) is 3.61. The van der Waals surface area contributed by atoms with Crippen LogP contribution >= 0.6 is 0 Å². The van der Waals surface area contributed by atoms with Crippen LogP contribution in [0.5, 0.6) is 5.75 Å². The zero-order chi connectivity index (χ0) is 21.6. The van der Waals surface area contributed by atoms with Gasteiger partial charge in [0.1, 0.15) is 5.75 Å². The van der Waals surface area contributed by atoms with Crippen LogP contribution in [0, 0.1) is 0 Å². The minimum Gasteiger partial charge on any atom is -0.507 e. The van der Waals surface area contributed by atoms with E-state index >= 15 is 0 Å². The van der Waals surface area contributed by atoms with Gasteiger partial charge in [-0.3, -0.25) is 4.79 Å². The molecular weight excluding hydrogens is 392 g/mol. The van der Waals surface area contributed by atoms with E-state index in [-0.39, 0.29) is 16.2 Å². The number of benzene rings is 2. The summed E-state index contributed by atoms with van der Waals surface area (Å²) < 4.78 is 25.5. The topological polar surface area (TPSA) is 102 Å². The third kappa shape index (κ3) is 5.33. The molecule has 0 spiro atoms. The van der Waals surface area contributed by atoms with E-state index in [4.69, 9.17) is 0 Å². The number of phenolic OH excluding ortho intramolecular Hbond substituents is 1. The Kier molecular flexibility index (Phi) is 7.35. The summed E-state index contributed by atoms with van der Waals surface area (Å²) in [4.78, 5) is 14.4. The van der Waals surface area contributed by atoms with Crippen LogP contribution in [0.15, 0.2) is 52.5 Å². The molecule has 0 aliphatic heterocycles. The van der Waals surface area contributed by atoms with Crippen molar-refractivity contribution in [3.8, 4) is 5.75 Å². The number of hydrogen-bond donors (Lipinski definition) is 2. The minimum absolute atomic E-state index is 0.0174. The number of phenols is 1. The molecule has 0 fully saturated rings. The van der Waals surface area contributed by atoms with E-state index in [2.05, 4.69) is 15.4 Å². The molecule has 9 heteroatoms. The van der Waals surface area contributed by atoms with Gasteiger partial charge < -0.3 is 10.0 Å². The quantitative estimate of drug-likeness (QED) is 0.506. The number of hydrazone groups is 1. The second-order valence-electron chi connectivity index (χ2n) is 6.43. The number of carbonyl (C=O) groups excluding carboxylic acids is 1. The summed E-state index contributed by atoms with van der Waals surface area (Å²) in [6.07, 6.45) is 1.33. The monoisotopic (exact) mass is 418 g/mol. The van der Waals surface area contributed by atoms with E-state index in [1.54, 1.807) is 12.1 Å². The molecule has 2 rings (SSSR count). The van der Waals surface area contributed by atoms with Gasteiger partial charge in [0.05, 0.1) is 11.1 Å². The zero-order valence-electron chi connectivity index (χ0n) is 17.0. The van der Waals surface area contributed by atoms with Crippen molar-refractivity contribution in [1.29, 1.82) is 0 Å². The maximum Gasteiger partial charge on any atom is 0.271 e. The number of nitrogens with one attached hydrogen (secondary N) is 1. The Hall–Kier alpha value is -2.91. The molecule has 0 saturated heterocycles. The molecule has 0 saturated carbocycles. The van der Waals surface area contributed by atoms with Crippen LogP contribution in [0.25, 0.3) is 0 Å². The van der Waals surface area contributed by atoms with Gasteiger partial charge in [0.25, 0.3) is 5.91 Å². The molecule has 0 aliphatic rings. The fraction of sp³-hybridized carbons (Fsp3) is 0.300. The third-order valence-electron chi connectivity index (χ3n) is 4.39. The first-order chi connectivity index (χ1) is 13.7. The van der Waals surface area contributed by atoms with Crippen LogP contribution in [-0.2, 0) is 10.0 Å². The normalized spacial score (nSPS) is 11.8. The Morgan fingerprint density at radius 3 is 2.41 bits per heavy atom. The van der Waals surface area contributed by atoms with Gasteiger partial charge in [0, 0.05) is 50.1 Å². The van der Waals surface area contributed by atoms with Crippen molar-refractivity contribution in [2.24, 2.45) is 5.10 Å². The lowest BCUT2D eigenvalue weighted by Crippen LogP contribution is -2.23. The van der Waals surface area contributed by atoms with Gasteiger partial charge in [-0.15, -0.1) is 0 Å². The number of rotatable bonds is 8. The summed E-state index contributed by atoms with van der Waals surface area (Å²) in [6.45, 7) is 5.71. The molecule has 8 nitrogen and oxygen atoms in total. The summed E-state index contributed by atoms with van der Waals surface area (Å²) in [6, 6.07) is 10.9. The predicted octanol–water partition coefficient (Wildman–Crippen LogP) is 2.25. The van der Waals surface area contributed by atoms with Crippen LogP contribution in [-0.4, -0.2) is 57.1 Å². The Morgan fingerprint density at radius 1 is 1.14 bits per heavy atom. The largest absolute Gasteiger partial charge is 0.507 e. The maximum absolute atomic E-state index is 12.3. The van der Waals surface area contributed by atoms with E-state index in [0.717, 1.165) is 23.1 Å². The molecule has 0 aliphatic carbocycles. The lowest BCUT2D eigenvalue weighted by molar-refractivity contribution is 0.0955. The SMILES string of the molecule is CCN(CC)c1ccc(/C=N/NC(=O)c2cccc(S(=O)(=O)N(C)C)c2)c(O)c1. The van der Waals surface area contributed by atoms with Crippen molar-refractivity contribution in [2.45, 2.75) is 18.7 Å². The first-order valence-corrected chi connectivity index (χ1v) is 10.6. The Morgan fingerprint density at radius 2 is 1.83 bits per heavy atom. The van der Waals surface area contributed by atoms with E-state index < -0.39 is 15.9 Å². The highest BCUT2D eigenvalue weighted by Crippen LogP contribution is 2.23. The van der Waals surface area contributed by atoms with Gasteiger partial charge in [0.15, 0.2) is 0 Å². The Bertz CT molecular complexity index is 999. The van der Waals surface area contributed by atoms with Gasteiger partial charge in [-0.05, 0) is 44.2 Å². The van der Waals surface area contributed by atoms with E-state index in [0.29, 0.717) is 5.56 Å². The molecule has 2 aromatic carbocycles. The number of hydrogen-bond acceptors (Lipinski definition) is 6. The molecule has 2 N–H and O–H groups in total. The first-order valence-electron chi connectivity index (χ1n) is 9.14. The van der Waals surface area contributed by atoms with Crippen LogP contribution in [0.2, 0.25) is 0 Å². The highest BCUT2D eigenvalue weighted by Gasteiger charge is 2.18. The lowest BCUT2D eigenvalue weighted by atomic mass is 10.2. The van der Waals surface area contributed by atoms with Crippen molar-refractivity contribution in [3.63, 3.8) is 0 Å². The first kappa shape index (κ1) is 22.4. The molecule has 0 radical (unpaired) electrons. The third-order valence-corrected chi connectivity index (χ3v) is 6.20. The standard InChI is InChI=1S/C20H26N4O4S/c1-5-24(6-2)17-11-10-16(19(25)13-17)14-21-22-20(26)15-8-7-9-18(12-15)29(27,28)23(3)4/h7-14,25H,5-6H2,1-4H3,(H,22,26)/b21-14+. The maximum atomic E-state index is 12.3. The molecular formula is C20H26N4O4S. The number of nitrogens with zero attached hydrogens (tertiary/aromatic N) is 3. The molecule has 29 heavy (non-hydrogen) atoms. The molecule has 0 heterocycles. The van der Waals surface area contributed by atoms with Gasteiger partial charge in [-0.2, -0.15) is 5.10 Å². The number of amides is 1. The van der Waals surface area contributed by atoms with E-state index in [1.165, 1.54) is 44.6 Å². The predicted molar refractivity (Wildman–Crippen MR) is 114 cm³/mol. The summed E-state index contributed by atoms with van der Waals surface area (Å²) in [5.41, 5.74) is 3.85. The van der Waals surface area contributed by atoms with Crippen molar-refractivity contribution >= 4 is 27.8 Å².